The minimum absolute atomic E-state index is 0.0109. The molecule has 0 unspecified atom stereocenters. The first-order valence-electron chi connectivity index (χ1n) is 6.89. The highest BCUT2D eigenvalue weighted by Gasteiger charge is 2.16. The number of furan rings is 1. The molecule has 0 spiro atoms. The summed E-state index contributed by atoms with van der Waals surface area (Å²) in [4.78, 5) is 23.4. The zero-order chi connectivity index (χ0) is 17.1. The Bertz CT molecular complexity index is 889. The van der Waals surface area contributed by atoms with E-state index in [0.717, 1.165) is 16.7 Å². The number of carbonyl (C=O) groups is 1. The molecule has 2 aromatic heterocycles. The van der Waals surface area contributed by atoms with E-state index in [1.807, 2.05) is 23.6 Å². The molecule has 0 aliphatic carbocycles. The third-order valence-corrected chi connectivity index (χ3v) is 4.46. The average Bonchev–Trinajstić information content (AvgIpc) is 3.24. The largest absolute Gasteiger partial charge is 0.458 e. The van der Waals surface area contributed by atoms with Gasteiger partial charge in [-0.2, -0.15) is 0 Å². The summed E-state index contributed by atoms with van der Waals surface area (Å²) in [5, 5.41) is 15.5. The Labute approximate surface area is 145 Å². The molecule has 3 aromatic rings. The summed E-state index contributed by atoms with van der Waals surface area (Å²) in [6.45, 7) is 0.181. The number of thiophene rings is 1. The molecular weight excluding hydrogens is 352 g/mol. The van der Waals surface area contributed by atoms with Crippen molar-refractivity contribution in [2.45, 2.75) is 6.54 Å². The number of nitrogens with one attached hydrogen (secondary N) is 1. The maximum atomic E-state index is 12.1. The smallest absolute Gasteiger partial charge is 0.288 e. The molecule has 0 saturated carbocycles. The van der Waals surface area contributed by atoms with Crippen molar-refractivity contribution in [3.8, 4) is 10.6 Å². The van der Waals surface area contributed by atoms with Crippen molar-refractivity contribution in [3.05, 3.63) is 74.3 Å². The Balaban J connectivity index is 1.68. The molecule has 0 radical (unpaired) electrons. The van der Waals surface area contributed by atoms with Gasteiger partial charge in [-0.3, -0.25) is 14.9 Å². The number of hydrogen-bond acceptors (Lipinski definition) is 5. The summed E-state index contributed by atoms with van der Waals surface area (Å²) in [7, 11) is 0. The maximum absolute atomic E-state index is 12.1. The van der Waals surface area contributed by atoms with Crippen molar-refractivity contribution in [1.82, 2.24) is 5.32 Å². The molecule has 24 heavy (non-hydrogen) atoms. The van der Waals surface area contributed by atoms with Crippen molar-refractivity contribution in [3.63, 3.8) is 0 Å². The summed E-state index contributed by atoms with van der Waals surface area (Å²) in [5.74, 6) is 0.885. The molecule has 0 bridgehead atoms. The van der Waals surface area contributed by atoms with Gasteiger partial charge in [0.1, 0.15) is 16.5 Å². The highest BCUT2D eigenvalue weighted by Crippen LogP contribution is 2.27. The predicted molar refractivity (Wildman–Crippen MR) is 91.3 cm³/mol. The average molecular weight is 363 g/mol. The zero-order valence-electron chi connectivity index (χ0n) is 12.2. The van der Waals surface area contributed by atoms with E-state index in [1.165, 1.54) is 12.1 Å². The van der Waals surface area contributed by atoms with Crippen LogP contribution in [0.5, 0.6) is 0 Å². The molecule has 1 aromatic carbocycles. The Hall–Kier alpha value is -2.64. The molecule has 8 heteroatoms. The topological polar surface area (TPSA) is 85.4 Å². The lowest BCUT2D eigenvalue weighted by molar-refractivity contribution is -0.384. The highest BCUT2D eigenvalue weighted by molar-refractivity contribution is 7.13. The molecule has 0 aliphatic heterocycles. The van der Waals surface area contributed by atoms with Crippen LogP contribution < -0.4 is 5.32 Å². The van der Waals surface area contributed by atoms with Gasteiger partial charge >= 0.3 is 0 Å². The Morgan fingerprint density at radius 1 is 1.29 bits per heavy atom. The van der Waals surface area contributed by atoms with Gasteiger partial charge in [-0.25, -0.2) is 0 Å². The van der Waals surface area contributed by atoms with E-state index in [9.17, 15) is 14.9 Å². The summed E-state index contributed by atoms with van der Waals surface area (Å²) < 4.78 is 5.66. The number of nitrogens with zero attached hydrogens (tertiary/aromatic N) is 1. The summed E-state index contributed by atoms with van der Waals surface area (Å²) >= 11 is 7.29. The second-order valence-corrected chi connectivity index (χ2v) is 6.20. The molecule has 0 fully saturated rings. The molecule has 1 N–H and O–H groups in total. The van der Waals surface area contributed by atoms with E-state index >= 15 is 0 Å². The van der Waals surface area contributed by atoms with Gasteiger partial charge in [0.15, 0.2) is 0 Å². The molecule has 0 aliphatic rings. The number of benzene rings is 1. The van der Waals surface area contributed by atoms with Gasteiger partial charge in [-0.1, -0.05) is 17.7 Å². The number of hydrogen-bond donors (Lipinski definition) is 1. The second kappa shape index (κ2) is 6.86. The van der Waals surface area contributed by atoms with Gasteiger partial charge < -0.3 is 9.73 Å². The fraction of sp³-hybridized carbons (Fsp3) is 0.0625. The van der Waals surface area contributed by atoms with Crippen molar-refractivity contribution >= 4 is 34.5 Å². The fourth-order valence-electron chi connectivity index (χ4n) is 2.09. The van der Waals surface area contributed by atoms with Crippen LogP contribution in [-0.4, -0.2) is 10.8 Å². The normalized spacial score (nSPS) is 10.5. The van der Waals surface area contributed by atoms with Gasteiger partial charge in [-0.15, -0.1) is 11.3 Å². The van der Waals surface area contributed by atoms with Gasteiger partial charge in [0.05, 0.1) is 16.3 Å². The lowest BCUT2D eigenvalue weighted by Crippen LogP contribution is -2.22. The van der Waals surface area contributed by atoms with Crippen LogP contribution >= 0.6 is 22.9 Å². The van der Waals surface area contributed by atoms with E-state index in [-0.39, 0.29) is 22.8 Å². The molecule has 0 atom stereocenters. The predicted octanol–water partition coefficient (Wildman–Crippen LogP) is 4.50. The minimum atomic E-state index is -0.626. The number of carbonyl (C=O) groups excluding carboxylic acids is 1. The van der Waals surface area contributed by atoms with Crippen molar-refractivity contribution < 1.29 is 14.1 Å². The van der Waals surface area contributed by atoms with E-state index in [2.05, 4.69) is 5.32 Å². The minimum Gasteiger partial charge on any atom is -0.458 e. The maximum Gasteiger partial charge on any atom is 0.288 e. The standard InChI is InChI=1S/C16H11ClN2O4S/c17-12-5-3-10(8-13(12)19(21)22)16(20)18-9-11-4-6-14(23-11)15-2-1-7-24-15/h1-8H,9H2,(H,18,20). The van der Waals surface area contributed by atoms with Gasteiger partial charge in [0.25, 0.3) is 11.6 Å². The molecule has 3 rings (SSSR count). The molecule has 122 valence electrons. The van der Waals surface area contributed by atoms with Crippen LogP contribution in [0.25, 0.3) is 10.6 Å². The summed E-state index contributed by atoms with van der Waals surface area (Å²) in [6.07, 6.45) is 0. The van der Waals surface area contributed by atoms with Gasteiger partial charge in [0.2, 0.25) is 0 Å². The van der Waals surface area contributed by atoms with E-state index in [4.69, 9.17) is 16.0 Å². The van der Waals surface area contributed by atoms with Crippen molar-refractivity contribution in [2.24, 2.45) is 0 Å². The molecule has 2 heterocycles. The fourth-order valence-corrected chi connectivity index (χ4v) is 2.96. The lowest BCUT2D eigenvalue weighted by atomic mass is 10.2. The number of amides is 1. The van der Waals surface area contributed by atoms with Crippen LogP contribution in [0.3, 0.4) is 0 Å². The molecule has 6 nitrogen and oxygen atoms in total. The lowest BCUT2D eigenvalue weighted by Gasteiger charge is -2.04. The first kappa shape index (κ1) is 16.2. The van der Waals surface area contributed by atoms with Crippen LogP contribution in [0.1, 0.15) is 16.1 Å². The van der Waals surface area contributed by atoms with Crippen molar-refractivity contribution in [1.29, 1.82) is 0 Å². The third kappa shape index (κ3) is 3.47. The molecule has 0 saturated heterocycles. The SMILES string of the molecule is O=C(NCc1ccc(-c2cccs2)o1)c1ccc(Cl)c([N+](=O)[O-])c1. The Kier molecular flexibility index (Phi) is 4.64. The number of halogens is 1. The monoisotopic (exact) mass is 362 g/mol. The van der Waals surface area contributed by atoms with Crippen LogP contribution in [0, 0.1) is 10.1 Å². The van der Waals surface area contributed by atoms with Crippen LogP contribution in [0.2, 0.25) is 5.02 Å². The quantitative estimate of drug-likeness (QED) is 0.535. The number of nitro groups is 1. The first-order chi connectivity index (χ1) is 11.5. The first-order valence-corrected chi connectivity index (χ1v) is 8.15. The summed E-state index contributed by atoms with van der Waals surface area (Å²) in [5.41, 5.74) is -0.140. The molecular formula is C16H11ClN2O4S. The van der Waals surface area contributed by atoms with Gasteiger partial charge in [-0.05, 0) is 35.7 Å². The van der Waals surface area contributed by atoms with Crippen molar-refractivity contribution in [2.75, 3.05) is 0 Å². The Morgan fingerprint density at radius 2 is 2.12 bits per heavy atom. The van der Waals surface area contributed by atoms with Gasteiger partial charge in [0, 0.05) is 11.6 Å². The Morgan fingerprint density at radius 3 is 2.83 bits per heavy atom. The number of nitro benzene ring substituents is 1. The van der Waals surface area contributed by atoms with Crippen LogP contribution in [0.15, 0.2) is 52.3 Å². The third-order valence-electron chi connectivity index (χ3n) is 3.25. The highest BCUT2D eigenvalue weighted by atomic mass is 35.5. The van der Waals surface area contributed by atoms with E-state index in [1.54, 1.807) is 17.4 Å². The molecule has 1 amide bonds. The van der Waals surface area contributed by atoms with E-state index < -0.39 is 10.8 Å². The zero-order valence-corrected chi connectivity index (χ0v) is 13.8. The second-order valence-electron chi connectivity index (χ2n) is 4.85. The van der Waals surface area contributed by atoms with Crippen LogP contribution in [0.4, 0.5) is 5.69 Å². The van der Waals surface area contributed by atoms with Crippen LogP contribution in [-0.2, 0) is 6.54 Å². The number of rotatable bonds is 5. The summed E-state index contributed by atoms with van der Waals surface area (Å²) in [6, 6.07) is 11.4. The van der Waals surface area contributed by atoms with E-state index in [0.29, 0.717) is 5.76 Å².